The molecule has 9 atom stereocenters. The monoisotopic (exact) mass is 851 g/mol. The van der Waals surface area contributed by atoms with Gasteiger partial charge in [-0.1, -0.05) is 104 Å². The molecule has 6 aliphatic carbocycles. The predicted molar refractivity (Wildman–Crippen MR) is 228 cm³/mol. The van der Waals surface area contributed by atoms with Gasteiger partial charge in [-0.05, 0) is 123 Å². The van der Waals surface area contributed by atoms with Crippen LogP contribution in [0.4, 0.5) is 13.2 Å². The number of aliphatic hydroxyl groups excluding tert-OH is 1. The normalized spacial score (nSPS) is 35.7. The van der Waals surface area contributed by atoms with Crippen LogP contribution < -0.4 is 0 Å². The van der Waals surface area contributed by atoms with Gasteiger partial charge in [-0.3, -0.25) is 9.69 Å². The Morgan fingerprint density at radius 1 is 0.836 bits per heavy atom. The van der Waals surface area contributed by atoms with Crippen molar-refractivity contribution >= 4 is 17.4 Å². The highest BCUT2D eigenvalue weighted by molar-refractivity contribution is 6.33. The third-order valence-electron chi connectivity index (χ3n) is 17.1. The maximum atomic E-state index is 15.2. The molecule has 2 spiro atoms. The number of halogens is 4. The summed E-state index contributed by atoms with van der Waals surface area (Å²) in [5.41, 5.74) is -3.30. The van der Waals surface area contributed by atoms with E-state index in [1.54, 1.807) is 0 Å². The fourth-order valence-corrected chi connectivity index (χ4v) is 14.2. The molecule has 3 aromatic carbocycles. The van der Waals surface area contributed by atoms with E-state index in [0.29, 0.717) is 37.8 Å². The molecule has 61 heavy (non-hydrogen) atoms. The number of likely N-dealkylation sites (tertiary alicyclic amines) is 1. The zero-order chi connectivity index (χ0) is 42.8. The van der Waals surface area contributed by atoms with E-state index in [1.165, 1.54) is 18.2 Å². The summed E-state index contributed by atoms with van der Waals surface area (Å²) in [6.07, 6.45) is 7.78. The van der Waals surface area contributed by atoms with Gasteiger partial charge in [-0.2, -0.15) is 13.2 Å². The maximum Gasteiger partial charge on any atom is 0.416 e. The molecule has 10 heteroatoms. The third kappa shape index (κ3) is 5.79. The summed E-state index contributed by atoms with van der Waals surface area (Å²) in [7, 11) is 0. The van der Waals surface area contributed by atoms with Crippen molar-refractivity contribution in [3.63, 3.8) is 0 Å². The number of alkyl halides is 3. The lowest BCUT2D eigenvalue weighted by atomic mass is 9.32. The van der Waals surface area contributed by atoms with Gasteiger partial charge in [0.05, 0.1) is 22.3 Å². The van der Waals surface area contributed by atoms with Crippen molar-refractivity contribution in [1.29, 1.82) is 0 Å². The molecule has 3 saturated carbocycles. The number of nitrogens with zero attached hydrogens (tertiary/aromatic N) is 1. The van der Waals surface area contributed by atoms with Gasteiger partial charge in [-0.15, -0.1) is 0 Å². The number of Topliss-reactive ketones (excluding diaryl/α,β-unsaturated/α-hetero) is 1. The Labute approximate surface area is 360 Å². The molecule has 7 aliphatic rings. The standard InChI is InChI=1S/C51H53ClF3NO5/c1-45-22-19-35(57)29-47(45)25-26-49(37(30-47)44(58)40-18-17-39(61-40)36-28-34(51(53,54)55)15-16-38(36)52)41(45)20-23-46(2)42(49)21-24-48(46,59)31-56-27-9-14-43(56)50(60,32-10-5-3-6-11-32)33-12-7-4-8-13-33/h3-8,10-13,15-18,25-26,28,30,35,41-43,57,59-60H,9,14,19-24,27,29,31H2,1-2H3. The number of hydrogen-bond acceptors (Lipinski definition) is 6. The van der Waals surface area contributed by atoms with E-state index >= 15 is 4.79 Å². The summed E-state index contributed by atoms with van der Waals surface area (Å²) in [5.74, 6) is -0.348. The minimum atomic E-state index is -4.59. The smallest absolute Gasteiger partial charge is 0.416 e. The van der Waals surface area contributed by atoms with Crippen LogP contribution in [0.1, 0.15) is 98.9 Å². The largest absolute Gasteiger partial charge is 0.453 e. The third-order valence-corrected chi connectivity index (χ3v) is 17.4. The number of fused-ring (bicyclic) bond motifs is 1. The SMILES string of the molecule is CC12CCC(O)CC13C=CC1(C(C(=O)c4ccc(-c5cc(C(F)(F)F)ccc5Cl)o4)=C3)C2CCC2(C)C1CCC2(O)CN1CCCC1C(O)(c1ccccc1)c1ccccc1. The zero-order valence-electron chi connectivity index (χ0n) is 34.6. The first kappa shape index (κ1) is 41.0. The number of aliphatic hydroxyl groups is 3. The van der Waals surface area contributed by atoms with Gasteiger partial charge in [0.25, 0.3) is 0 Å². The molecular formula is C51H53ClF3NO5. The minimum Gasteiger partial charge on any atom is -0.453 e. The Morgan fingerprint density at radius 3 is 2.18 bits per heavy atom. The molecule has 4 fully saturated rings. The van der Waals surface area contributed by atoms with Gasteiger partial charge in [-0.25, -0.2) is 0 Å². The van der Waals surface area contributed by atoms with Crippen molar-refractivity contribution in [2.24, 2.45) is 33.5 Å². The lowest BCUT2D eigenvalue weighted by Gasteiger charge is -2.71. The highest BCUT2D eigenvalue weighted by Gasteiger charge is 2.75. The van der Waals surface area contributed by atoms with Gasteiger partial charge in [0, 0.05) is 40.0 Å². The average molecular weight is 852 g/mol. The molecule has 320 valence electrons. The highest BCUT2D eigenvalue weighted by atomic mass is 35.5. The van der Waals surface area contributed by atoms with Crippen LogP contribution in [-0.2, 0) is 11.8 Å². The number of ketones is 1. The molecule has 2 bridgehead atoms. The van der Waals surface area contributed by atoms with Crippen molar-refractivity contribution in [1.82, 2.24) is 4.90 Å². The summed E-state index contributed by atoms with van der Waals surface area (Å²) in [6.45, 7) is 5.64. The molecular weight excluding hydrogens is 799 g/mol. The van der Waals surface area contributed by atoms with Crippen LogP contribution in [0.15, 0.2) is 119 Å². The molecule has 6 nitrogen and oxygen atoms in total. The number of β-amino-alcohol motifs (C(OH)–C–C–N with tert-alkyl or cyclic N) is 1. The number of allylic oxidation sites excluding steroid dienone is 4. The summed E-state index contributed by atoms with van der Waals surface area (Å²) in [5, 5.41) is 37.5. The molecule has 11 rings (SSSR count). The number of benzene rings is 3. The fraction of sp³-hybridized carbons (Fsp3) is 0.471. The van der Waals surface area contributed by atoms with E-state index in [0.717, 1.165) is 61.9 Å². The lowest BCUT2D eigenvalue weighted by molar-refractivity contribution is -0.178. The first-order valence-electron chi connectivity index (χ1n) is 21.9. The lowest BCUT2D eigenvalue weighted by Crippen LogP contribution is -2.67. The first-order valence-corrected chi connectivity index (χ1v) is 22.3. The molecule has 4 aromatic rings. The Balaban J connectivity index is 1.03. The van der Waals surface area contributed by atoms with Crippen molar-refractivity contribution in [3.8, 4) is 11.3 Å². The molecule has 9 unspecified atom stereocenters. The topological polar surface area (TPSA) is 94.1 Å². The number of rotatable bonds is 8. The summed E-state index contributed by atoms with van der Waals surface area (Å²) in [4.78, 5) is 17.6. The van der Waals surface area contributed by atoms with Crippen LogP contribution in [0.25, 0.3) is 11.3 Å². The summed E-state index contributed by atoms with van der Waals surface area (Å²) in [6, 6.07) is 25.5. The van der Waals surface area contributed by atoms with Gasteiger partial charge < -0.3 is 19.7 Å². The van der Waals surface area contributed by atoms with Gasteiger partial charge in [0.2, 0.25) is 5.78 Å². The zero-order valence-corrected chi connectivity index (χ0v) is 35.4. The molecule has 2 heterocycles. The van der Waals surface area contributed by atoms with Crippen LogP contribution in [0, 0.1) is 33.5 Å². The molecule has 1 saturated heterocycles. The van der Waals surface area contributed by atoms with Crippen LogP contribution >= 0.6 is 11.6 Å². The Kier molecular flexibility index (Phi) is 9.42. The van der Waals surface area contributed by atoms with E-state index in [9.17, 15) is 28.5 Å². The average Bonchev–Trinajstić information content (AvgIpc) is 3.99. The van der Waals surface area contributed by atoms with E-state index in [4.69, 9.17) is 16.0 Å². The van der Waals surface area contributed by atoms with Crippen LogP contribution in [0.2, 0.25) is 5.02 Å². The van der Waals surface area contributed by atoms with E-state index in [-0.39, 0.29) is 51.2 Å². The second kappa shape index (κ2) is 14.0. The molecule has 1 aromatic heterocycles. The van der Waals surface area contributed by atoms with Crippen molar-refractivity contribution in [2.45, 2.75) is 101 Å². The second-order valence-electron chi connectivity index (χ2n) is 19.6. The summed E-state index contributed by atoms with van der Waals surface area (Å²) >= 11 is 6.43. The van der Waals surface area contributed by atoms with Crippen LogP contribution in [0.5, 0.6) is 0 Å². The number of hydrogen-bond donors (Lipinski definition) is 3. The Bertz CT molecular complexity index is 2390. The predicted octanol–water partition coefficient (Wildman–Crippen LogP) is 10.8. The number of carbonyl (C=O) groups excluding carboxylic acids is 1. The van der Waals surface area contributed by atoms with Crippen molar-refractivity contribution in [3.05, 3.63) is 142 Å². The Hall–Kier alpha value is -3.99. The Morgan fingerprint density at radius 2 is 1.49 bits per heavy atom. The van der Waals surface area contributed by atoms with E-state index < -0.39 is 45.3 Å². The molecule has 1 aliphatic heterocycles. The van der Waals surface area contributed by atoms with Crippen LogP contribution in [-0.4, -0.2) is 56.8 Å². The second-order valence-corrected chi connectivity index (χ2v) is 20.0. The quantitative estimate of drug-likeness (QED) is 0.121. The number of carbonyl (C=O) groups is 1. The van der Waals surface area contributed by atoms with Crippen molar-refractivity contribution in [2.75, 3.05) is 13.1 Å². The molecule has 0 amide bonds. The molecule has 0 radical (unpaired) electrons. The highest BCUT2D eigenvalue weighted by Crippen LogP contribution is 2.78. The van der Waals surface area contributed by atoms with Crippen molar-refractivity contribution < 1.29 is 37.7 Å². The number of furan rings is 1. The minimum absolute atomic E-state index is 0.0137. The van der Waals surface area contributed by atoms with Gasteiger partial charge in [0.1, 0.15) is 11.4 Å². The van der Waals surface area contributed by atoms with Gasteiger partial charge in [0.15, 0.2) is 5.76 Å². The van der Waals surface area contributed by atoms with E-state index in [2.05, 4.69) is 37.0 Å². The van der Waals surface area contributed by atoms with Gasteiger partial charge >= 0.3 is 6.18 Å². The first-order chi connectivity index (χ1) is 29.0. The molecule has 3 N–H and O–H groups in total. The fourth-order valence-electron chi connectivity index (χ4n) is 14.0. The van der Waals surface area contributed by atoms with Crippen LogP contribution in [0.3, 0.4) is 0 Å². The summed E-state index contributed by atoms with van der Waals surface area (Å²) < 4.78 is 47.5. The maximum absolute atomic E-state index is 15.2. The van der Waals surface area contributed by atoms with E-state index in [1.807, 2.05) is 60.7 Å².